The van der Waals surface area contributed by atoms with E-state index in [2.05, 4.69) is 0 Å². The minimum absolute atomic E-state index is 0.835. The summed E-state index contributed by atoms with van der Waals surface area (Å²) in [4.78, 5) is 0. The number of ether oxygens (including phenoxy) is 1. The van der Waals surface area contributed by atoms with E-state index in [1.807, 2.05) is 43.3 Å². The standard InChI is InChI=1S/C12H12O2/c1-9-7-8-12(14-9)10-5-3-4-6-11(10)13-2/h3-8H,1-2H3. The van der Waals surface area contributed by atoms with Crippen LogP contribution >= 0.6 is 0 Å². The Kier molecular flexibility index (Phi) is 2.27. The molecule has 14 heavy (non-hydrogen) atoms. The maximum Gasteiger partial charge on any atom is 0.137 e. The fourth-order valence-electron chi connectivity index (χ4n) is 1.43. The molecule has 72 valence electrons. The molecule has 0 spiro atoms. The molecular formula is C12H12O2. The van der Waals surface area contributed by atoms with Gasteiger partial charge in [0.15, 0.2) is 0 Å². The van der Waals surface area contributed by atoms with Crippen LogP contribution in [0.1, 0.15) is 5.76 Å². The number of hydrogen-bond donors (Lipinski definition) is 0. The summed E-state index contributed by atoms with van der Waals surface area (Å²) in [6.45, 7) is 1.93. The van der Waals surface area contributed by atoms with Crippen LogP contribution in [0, 0.1) is 6.92 Å². The van der Waals surface area contributed by atoms with Gasteiger partial charge in [-0.15, -0.1) is 0 Å². The molecule has 0 saturated carbocycles. The lowest BCUT2D eigenvalue weighted by atomic mass is 10.1. The highest BCUT2D eigenvalue weighted by Gasteiger charge is 2.07. The van der Waals surface area contributed by atoms with Crippen LogP contribution in [0.3, 0.4) is 0 Å². The molecular weight excluding hydrogens is 176 g/mol. The van der Waals surface area contributed by atoms with Gasteiger partial charge < -0.3 is 9.15 Å². The summed E-state index contributed by atoms with van der Waals surface area (Å²) in [5.74, 6) is 2.59. The second-order valence-corrected chi connectivity index (χ2v) is 3.11. The van der Waals surface area contributed by atoms with Crippen molar-refractivity contribution in [3.8, 4) is 17.1 Å². The first-order valence-electron chi connectivity index (χ1n) is 4.51. The largest absolute Gasteiger partial charge is 0.496 e. The smallest absolute Gasteiger partial charge is 0.137 e. The number of hydrogen-bond acceptors (Lipinski definition) is 2. The molecule has 2 heteroatoms. The molecule has 1 aromatic carbocycles. The van der Waals surface area contributed by atoms with Crippen molar-refractivity contribution >= 4 is 0 Å². The maximum absolute atomic E-state index is 5.53. The van der Waals surface area contributed by atoms with Crippen molar-refractivity contribution in [3.63, 3.8) is 0 Å². The first-order chi connectivity index (χ1) is 6.81. The Labute approximate surface area is 83.1 Å². The number of aryl methyl sites for hydroxylation is 1. The van der Waals surface area contributed by atoms with Crippen LogP contribution in [0.2, 0.25) is 0 Å². The molecule has 0 radical (unpaired) electrons. The van der Waals surface area contributed by atoms with Gasteiger partial charge in [-0.25, -0.2) is 0 Å². The lowest BCUT2D eigenvalue weighted by Gasteiger charge is -2.04. The van der Waals surface area contributed by atoms with Gasteiger partial charge in [-0.1, -0.05) is 12.1 Å². The van der Waals surface area contributed by atoms with Gasteiger partial charge in [0.2, 0.25) is 0 Å². The Balaban J connectivity index is 2.50. The van der Waals surface area contributed by atoms with E-state index in [1.165, 1.54) is 0 Å². The van der Waals surface area contributed by atoms with Gasteiger partial charge in [0.1, 0.15) is 17.3 Å². The third-order valence-electron chi connectivity index (χ3n) is 2.11. The van der Waals surface area contributed by atoms with E-state index in [4.69, 9.17) is 9.15 Å². The first-order valence-corrected chi connectivity index (χ1v) is 4.51. The quantitative estimate of drug-likeness (QED) is 0.721. The molecule has 0 saturated heterocycles. The molecule has 0 bridgehead atoms. The molecule has 0 aliphatic rings. The SMILES string of the molecule is COc1ccccc1-c1ccc(C)o1. The highest BCUT2D eigenvalue weighted by molar-refractivity contribution is 5.65. The Hall–Kier alpha value is -1.70. The lowest BCUT2D eigenvalue weighted by Crippen LogP contribution is -1.85. The molecule has 0 aliphatic carbocycles. The number of rotatable bonds is 2. The molecule has 1 heterocycles. The summed E-state index contributed by atoms with van der Waals surface area (Å²) in [5, 5.41) is 0. The summed E-state index contributed by atoms with van der Waals surface area (Å²) in [6, 6.07) is 11.7. The van der Waals surface area contributed by atoms with Crippen LogP contribution in [-0.2, 0) is 0 Å². The zero-order valence-electron chi connectivity index (χ0n) is 8.28. The molecule has 2 rings (SSSR count). The second kappa shape index (κ2) is 3.58. The predicted octanol–water partition coefficient (Wildman–Crippen LogP) is 3.26. The van der Waals surface area contributed by atoms with E-state index in [1.54, 1.807) is 7.11 Å². The highest BCUT2D eigenvalue weighted by atomic mass is 16.5. The zero-order chi connectivity index (χ0) is 9.97. The van der Waals surface area contributed by atoms with Gasteiger partial charge in [-0.2, -0.15) is 0 Å². The van der Waals surface area contributed by atoms with Gasteiger partial charge in [-0.3, -0.25) is 0 Å². The van der Waals surface area contributed by atoms with E-state index in [0.717, 1.165) is 22.8 Å². The lowest BCUT2D eigenvalue weighted by molar-refractivity contribution is 0.414. The minimum Gasteiger partial charge on any atom is -0.496 e. The van der Waals surface area contributed by atoms with Crippen molar-refractivity contribution in [1.82, 2.24) is 0 Å². The van der Waals surface area contributed by atoms with Crippen LogP contribution < -0.4 is 4.74 Å². The van der Waals surface area contributed by atoms with Crippen molar-refractivity contribution in [2.45, 2.75) is 6.92 Å². The van der Waals surface area contributed by atoms with Gasteiger partial charge in [-0.05, 0) is 31.2 Å². The van der Waals surface area contributed by atoms with Crippen LogP contribution in [0.5, 0.6) is 5.75 Å². The third-order valence-corrected chi connectivity index (χ3v) is 2.11. The summed E-state index contributed by atoms with van der Waals surface area (Å²) >= 11 is 0. The normalized spacial score (nSPS) is 10.1. The Bertz CT molecular complexity index is 429. The first kappa shape index (κ1) is 8.88. The van der Waals surface area contributed by atoms with Crippen molar-refractivity contribution in [3.05, 3.63) is 42.2 Å². The van der Waals surface area contributed by atoms with Crippen LogP contribution in [0.25, 0.3) is 11.3 Å². The van der Waals surface area contributed by atoms with Crippen molar-refractivity contribution in [2.24, 2.45) is 0 Å². The van der Waals surface area contributed by atoms with E-state index >= 15 is 0 Å². The fraction of sp³-hybridized carbons (Fsp3) is 0.167. The molecule has 0 fully saturated rings. The topological polar surface area (TPSA) is 22.4 Å². The second-order valence-electron chi connectivity index (χ2n) is 3.11. The molecule has 0 unspecified atom stereocenters. The summed E-state index contributed by atoms with van der Waals surface area (Å²) in [6.07, 6.45) is 0. The number of furan rings is 1. The van der Waals surface area contributed by atoms with Gasteiger partial charge >= 0.3 is 0 Å². The summed E-state index contributed by atoms with van der Waals surface area (Å²) < 4.78 is 10.8. The Morgan fingerprint density at radius 1 is 1.07 bits per heavy atom. The molecule has 2 nitrogen and oxygen atoms in total. The predicted molar refractivity (Wildman–Crippen MR) is 55.4 cm³/mol. The molecule has 0 atom stereocenters. The van der Waals surface area contributed by atoms with Crippen LogP contribution in [-0.4, -0.2) is 7.11 Å². The number of benzene rings is 1. The highest BCUT2D eigenvalue weighted by Crippen LogP contribution is 2.30. The van der Waals surface area contributed by atoms with Gasteiger partial charge in [0.25, 0.3) is 0 Å². The Morgan fingerprint density at radius 3 is 2.50 bits per heavy atom. The monoisotopic (exact) mass is 188 g/mol. The maximum atomic E-state index is 5.53. The van der Waals surface area contributed by atoms with E-state index in [0.29, 0.717) is 0 Å². The summed E-state index contributed by atoms with van der Waals surface area (Å²) in [7, 11) is 1.66. The van der Waals surface area contributed by atoms with Crippen molar-refractivity contribution < 1.29 is 9.15 Å². The molecule has 0 aliphatic heterocycles. The van der Waals surface area contributed by atoms with E-state index < -0.39 is 0 Å². The molecule has 0 N–H and O–H groups in total. The van der Waals surface area contributed by atoms with E-state index in [9.17, 15) is 0 Å². The van der Waals surface area contributed by atoms with E-state index in [-0.39, 0.29) is 0 Å². The molecule has 0 amide bonds. The average Bonchev–Trinajstić information content (AvgIpc) is 2.65. The van der Waals surface area contributed by atoms with Crippen molar-refractivity contribution in [2.75, 3.05) is 7.11 Å². The fourth-order valence-corrected chi connectivity index (χ4v) is 1.43. The Morgan fingerprint density at radius 2 is 1.86 bits per heavy atom. The molecule has 2 aromatic rings. The average molecular weight is 188 g/mol. The van der Waals surface area contributed by atoms with Crippen LogP contribution in [0.4, 0.5) is 0 Å². The number of methoxy groups -OCH3 is 1. The van der Waals surface area contributed by atoms with Crippen molar-refractivity contribution in [1.29, 1.82) is 0 Å². The zero-order valence-corrected chi connectivity index (χ0v) is 8.28. The molecule has 1 aromatic heterocycles. The van der Waals surface area contributed by atoms with Crippen LogP contribution in [0.15, 0.2) is 40.8 Å². The number of para-hydroxylation sites is 1. The van der Waals surface area contributed by atoms with Gasteiger partial charge in [0.05, 0.1) is 12.7 Å². The summed E-state index contributed by atoms with van der Waals surface area (Å²) in [5.41, 5.74) is 0.989. The third kappa shape index (κ3) is 1.51. The minimum atomic E-state index is 0.835. The van der Waals surface area contributed by atoms with Gasteiger partial charge in [0, 0.05) is 0 Å².